The van der Waals surface area contributed by atoms with Gasteiger partial charge in [0.15, 0.2) is 5.60 Å². The minimum absolute atomic E-state index is 0.199. The molecule has 0 saturated carbocycles. The second kappa shape index (κ2) is 7.36. The molecular weight excluding hydrogens is 313 g/mol. The van der Waals surface area contributed by atoms with Crippen molar-refractivity contribution in [2.75, 3.05) is 0 Å². The molecule has 23 heavy (non-hydrogen) atoms. The number of halogens is 1. The lowest BCUT2D eigenvalue weighted by Crippen LogP contribution is -2.42. The van der Waals surface area contributed by atoms with Gasteiger partial charge in [0.1, 0.15) is 5.82 Å². The Morgan fingerprint density at radius 1 is 1.04 bits per heavy atom. The second-order valence-corrected chi connectivity index (χ2v) is 4.69. The first-order valence-corrected chi connectivity index (χ1v) is 6.26. The van der Waals surface area contributed by atoms with E-state index >= 15 is 0 Å². The van der Waals surface area contributed by atoms with E-state index in [-0.39, 0.29) is 5.82 Å². The maximum atomic E-state index is 12.5. The molecule has 1 heterocycles. The highest BCUT2D eigenvalue weighted by molar-refractivity contribution is 5.88. The molecule has 0 amide bonds. The van der Waals surface area contributed by atoms with Crippen molar-refractivity contribution in [2.24, 2.45) is 0 Å². The predicted octanol–water partition coefficient (Wildman–Crippen LogP) is 1.06. The molecule has 9 heteroatoms. The van der Waals surface area contributed by atoms with E-state index in [9.17, 15) is 18.8 Å². The number of fused-ring (bicyclic) bond motifs is 1. The van der Waals surface area contributed by atoms with E-state index in [0.717, 1.165) is 10.9 Å². The van der Waals surface area contributed by atoms with E-state index < -0.39 is 36.4 Å². The zero-order valence-electron chi connectivity index (χ0n) is 11.7. The van der Waals surface area contributed by atoms with Crippen molar-refractivity contribution < 1.29 is 39.2 Å². The molecule has 2 aromatic rings. The number of carbonyl (C=O) groups is 3. The van der Waals surface area contributed by atoms with E-state index in [0.29, 0.717) is 0 Å². The number of hydrogen-bond acceptors (Lipinski definition) is 4. The van der Waals surface area contributed by atoms with Crippen molar-refractivity contribution >= 4 is 28.8 Å². The molecule has 0 fully saturated rings. The number of carboxylic acids is 3. The van der Waals surface area contributed by atoms with E-state index in [1.54, 1.807) is 12.3 Å². The van der Waals surface area contributed by atoms with E-state index in [1.165, 1.54) is 12.1 Å². The second-order valence-electron chi connectivity index (χ2n) is 4.69. The Labute approximate surface area is 128 Å². The molecule has 0 spiro atoms. The summed E-state index contributed by atoms with van der Waals surface area (Å²) in [6.07, 6.45) is -0.493. The van der Waals surface area contributed by atoms with E-state index in [2.05, 4.69) is 4.98 Å². The molecule has 0 aliphatic heterocycles. The summed E-state index contributed by atoms with van der Waals surface area (Å²) in [6.45, 7) is 0. The van der Waals surface area contributed by atoms with Crippen LogP contribution in [-0.4, -0.2) is 48.9 Å². The van der Waals surface area contributed by atoms with Crippen LogP contribution in [0.1, 0.15) is 12.8 Å². The van der Waals surface area contributed by atoms with Crippen LogP contribution in [0.2, 0.25) is 0 Å². The third kappa shape index (κ3) is 5.40. The van der Waals surface area contributed by atoms with Gasteiger partial charge in [0.05, 0.1) is 12.8 Å². The smallest absolute Gasteiger partial charge is 0.336 e. The molecule has 0 radical (unpaired) electrons. The molecule has 0 aliphatic carbocycles. The van der Waals surface area contributed by atoms with Crippen molar-refractivity contribution in [3.05, 3.63) is 36.3 Å². The topological polar surface area (TPSA) is 148 Å². The van der Waals surface area contributed by atoms with Crippen LogP contribution in [0.4, 0.5) is 4.39 Å². The third-order valence-electron chi connectivity index (χ3n) is 2.80. The van der Waals surface area contributed by atoms with E-state index in [4.69, 9.17) is 20.4 Å². The Balaban J connectivity index is 0.000000235. The van der Waals surface area contributed by atoms with Gasteiger partial charge in [-0.25, -0.2) is 9.18 Å². The molecule has 0 atom stereocenters. The van der Waals surface area contributed by atoms with Gasteiger partial charge in [0.25, 0.3) is 0 Å². The van der Waals surface area contributed by atoms with Gasteiger partial charge in [-0.2, -0.15) is 0 Å². The zero-order chi connectivity index (χ0) is 17.6. The summed E-state index contributed by atoms with van der Waals surface area (Å²) in [5.74, 6) is -5.22. The Morgan fingerprint density at radius 2 is 1.61 bits per heavy atom. The molecule has 0 bridgehead atoms. The first-order chi connectivity index (χ1) is 10.6. The Morgan fingerprint density at radius 3 is 2.09 bits per heavy atom. The van der Waals surface area contributed by atoms with Crippen LogP contribution >= 0.6 is 0 Å². The van der Waals surface area contributed by atoms with Gasteiger partial charge < -0.3 is 25.4 Å². The highest BCUT2D eigenvalue weighted by Gasteiger charge is 2.40. The van der Waals surface area contributed by atoms with Crippen molar-refractivity contribution in [1.82, 2.24) is 4.98 Å². The number of benzene rings is 1. The average Bonchev–Trinajstić information content (AvgIpc) is 2.84. The van der Waals surface area contributed by atoms with Gasteiger partial charge in [-0.1, -0.05) is 0 Å². The summed E-state index contributed by atoms with van der Waals surface area (Å²) >= 11 is 0. The summed E-state index contributed by atoms with van der Waals surface area (Å²) in [4.78, 5) is 33.4. The number of aromatic amines is 1. The largest absolute Gasteiger partial charge is 0.481 e. The number of aliphatic hydroxyl groups is 1. The number of rotatable bonds is 5. The molecule has 124 valence electrons. The number of nitrogens with one attached hydrogen (secondary N) is 1. The first-order valence-electron chi connectivity index (χ1n) is 6.26. The fourth-order valence-corrected chi connectivity index (χ4v) is 1.73. The number of H-pyrrole nitrogens is 1. The number of carboxylic acid groups (broad SMARTS) is 3. The van der Waals surface area contributed by atoms with Gasteiger partial charge in [0.2, 0.25) is 0 Å². The van der Waals surface area contributed by atoms with Crippen molar-refractivity contribution in [1.29, 1.82) is 0 Å². The summed E-state index contributed by atoms with van der Waals surface area (Å²) in [5, 5.41) is 34.9. The summed E-state index contributed by atoms with van der Waals surface area (Å²) in [6, 6.07) is 6.60. The predicted molar refractivity (Wildman–Crippen MR) is 75.3 cm³/mol. The molecule has 5 N–H and O–H groups in total. The monoisotopic (exact) mass is 327 g/mol. The van der Waals surface area contributed by atoms with Crippen LogP contribution in [0, 0.1) is 5.82 Å². The van der Waals surface area contributed by atoms with Gasteiger partial charge in [-0.15, -0.1) is 0 Å². The Hall–Kier alpha value is -2.94. The van der Waals surface area contributed by atoms with Gasteiger partial charge in [0, 0.05) is 11.7 Å². The molecule has 1 aromatic heterocycles. The van der Waals surface area contributed by atoms with Crippen molar-refractivity contribution in [3.8, 4) is 0 Å². The van der Waals surface area contributed by atoms with Crippen LogP contribution in [0.15, 0.2) is 30.5 Å². The Bertz CT molecular complexity index is 709. The Kier molecular flexibility index (Phi) is 5.80. The lowest BCUT2D eigenvalue weighted by molar-refractivity contribution is -0.170. The quantitative estimate of drug-likeness (QED) is 0.551. The zero-order valence-corrected chi connectivity index (χ0v) is 11.7. The minimum atomic E-state index is -2.74. The summed E-state index contributed by atoms with van der Waals surface area (Å²) in [7, 11) is 0. The maximum absolute atomic E-state index is 12.5. The average molecular weight is 327 g/mol. The summed E-state index contributed by atoms with van der Waals surface area (Å²) in [5.41, 5.74) is -1.89. The highest BCUT2D eigenvalue weighted by Crippen LogP contribution is 2.15. The van der Waals surface area contributed by atoms with Gasteiger partial charge >= 0.3 is 17.9 Å². The van der Waals surface area contributed by atoms with E-state index in [1.807, 2.05) is 6.07 Å². The van der Waals surface area contributed by atoms with Crippen LogP contribution in [0.5, 0.6) is 0 Å². The minimum Gasteiger partial charge on any atom is -0.481 e. The number of aromatic nitrogens is 1. The highest BCUT2D eigenvalue weighted by atomic mass is 19.1. The maximum Gasteiger partial charge on any atom is 0.336 e. The van der Waals surface area contributed by atoms with Crippen LogP contribution < -0.4 is 0 Å². The molecule has 8 nitrogen and oxygen atoms in total. The van der Waals surface area contributed by atoms with Crippen LogP contribution in [0.3, 0.4) is 0 Å². The number of hydrogen-bond donors (Lipinski definition) is 5. The number of aliphatic carboxylic acids is 3. The lowest BCUT2D eigenvalue weighted by Gasteiger charge is -2.18. The molecular formula is C14H14FNO7. The normalized spacial score (nSPS) is 10.7. The molecule has 0 unspecified atom stereocenters. The van der Waals surface area contributed by atoms with Gasteiger partial charge in [-0.05, 0) is 29.7 Å². The fraction of sp³-hybridized carbons (Fsp3) is 0.214. The van der Waals surface area contributed by atoms with Gasteiger partial charge in [-0.3, -0.25) is 9.59 Å². The molecule has 1 aromatic carbocycles. The third-order valence-corrected chi connectivity index (χ3v) is 2.80. The standard InChI is InChI=1S/C8H6FN.C6H8O7/c9-7-2-1-6-3-4-10-8(6)5-7;7-3(8)1-6(13,5(11)12)2-4(9)10/h1-5,10H;13H,1-2H2,(H,7,8)(H,9,10)(H,11,12). The molecule has 0 saturated heterocycles. The van der Waals surface area contributed by atoms with Crippen LogP contribution in [-0.2, 0) is 14.4 Å². The van der Waals surface area contributed by atoms with Crippen LogP contribution in [0.25, 0.3) is 10.9 Å². The fourth-order valence-electron chi connectivity index (χ4n) is 1.73. The van der Waals surface area contributed by atoms with Crippen molar-refractivity contribution in [3.63, 3.8) is 0 Å². The molecule has 0 aliphatic rings. The summed E-state index contributed by atoms with van der Waals surface area (Å²) < 4.78 is 12.5. The SMILES string of the molecule is Fc1ccc2cc[nH]c2c1.O=C(O)CC(O)(CC(=O)O)C(=O)O. The molecule has 2 rings (SSSR count). The lowest BCUT2D eigenvalue weighted by atomic mass is 9.96. The van der Waals surface area contributed by atoms with Crippen molar-refractivity contribution in [2.45, 2.75) is 18.4 Å². The first kappa shape index (κ1) is 18.1.